The summed E-state index contributed by atoms with van der Waals surface area (Å²) in [7, 11) is 0. The van der Waals surface area contributed by atoms with E-state index in [9.17, 15) is 56.2 Å². The summed E-state index contributed by atoms with van der Waals surface area (Å²) in [6.07, 6.45) is -22.3. The number of hydrogen-bond acceptors (Lipinski definition) is 16. The van der Waals surface area contributed by atoms with Gasteiger partial charge < -0.3 is 85.3 Å². The SMILES string of the molecule is O.OC[C@@H]1O[C@H](O[C@H]2[C@H](O)[C@@H](CO)O[C@]2(CO)O[C@H]2O[C@@H](CO)[C@@H](O)[C@@H](O)[C@@H]2O)[C@@H](O)[C@H](O)[C@@H]1O. The maximum Gasteiger partial charge on any atom is 0.224 e. The van der Waals surface area contributed by atoms with E-state index in [0.29, 0.717) is 0 Å². The van der Waals surface area contributed by atoms with Crippen LogP contribution in [-0.4, -0.2) is 174 Å². The monoisotopic (exact) mass is 522 g/mol. The van der Waals surface area contributed by atoms with Gasteiger partial charge in [-0.25, -0.2) is 0 Å². The molecule has 3 saturated heterocycles. The van der Waals surface area contributed by atoms with E-state index in [4.69, 9.17) is 23.7 Å². The van der Waals surface area contributed by atoms with Crippen molar-refractivity contribution in [3.8, 4) is 0 Å². The lowest BCUT2D eigenvalue weighted by Crippen LogP contribution is -2.64. The second-order valence-electron chi connectivity index (χ2n) is 8.37. The van der Waals surface area contributed by atoms with Gasteiger partial charge in [-0.15, -0.1) is 0 Å². The first-order valence-corrected chi connectivity index (χ1v) is 10.6. The molecule has 35 heavy (non-hydrogen) atoms. The van der Waals surface area contributed by atoms with Crippen LogP contribution in [0.5, 0.6) is 0 Å². The second-order valence-corrected chi connectivity index (χ2v) is 8.37. The first kappa shape index (κ1) is 30.5. The van der Waals surface area contributed by atoms with Crippen molar-refractivity contribution in [2.24, 2.45) is 0 Å². The fourth-order valence-corrected chi connectivity index (χ4v) is 4.12. The molecule has 0 amide bonds. The van der Waals surface area contributed by atoms with Crippen LogP contribution in [0.2, 0.25) is 0 Å². The lowest BCUT2D eigenvalue weighted by Gasteiger charge is -2.45. The fourth-order valence-electron chi connectivity index (χ4n) is 4.12. The molecule has 17 nitrogen and oxygen atoms in total. The molecule has 0 aromatic heterocycles. The summed E-state index contributed by atoms with van der Waals surface area (Å²) in [5.41, 5.74) is 0. The molecule has 14 atom stereocenters. The highest BCUT2D eigenvalue weighted by molar-refractivity contribution is 5.01. The summed E-state index contributed by atoms with van der Waals surface area (Å²) in [6.45, 7) is -3.49. The summed E-state index contributed by atoms with van der Waals surface area (Å²) in [5.74, 6) is -2.43. The molecule has 0 aromatic carbocycles. The van der Waals surface area contributed by atoms with Crippen molar-refractivity contribution in [2.45, 2.75) is 85.5 Å². The van der Waals surface area contributed by atoms with Gasteiger partial charge in [-0.1, -0.05) is 0 Å². The zero-order valence-electron chi connectivity index (χ0n) is 18.3. The van der Waals surface area contributed by atoms with Gasteiger partial charge in [0, 0.05) is 0 Å². The largest absolute Gasteiger partial charge is 0.412 e. The molecule has 0 saturated carbocycles. The smallest absolute Gasteiger partial charge is 0.224 e. The summed E-state index contributed by atoms with van der Waals surface area (Å²) >= 11 is 0. The van der Waals surface area contributed by atoms with Gasteiger partial charge in [0.25, 0.3) is 0 Å². The molecule has 3 heterocycles. The molecule has 0 unspecified atom stereocenters. The van der Waals surface area contributed by atoms with Gasteiger partial charge in [0.05, 0.1) is 19.8 Å². The quantitative estimate of drug-likeness (QED) is 0.141. The van der Waals surface area contributed by atoms with Crippen LogP contribution in [0, 0.1) is 0 Å². The molecule has 0 spiro atoms. The normalized spacial score (nSPS) is 50.7. The Hall–Kier alpha value is -0.680. The lowest BCUT2D eigenvalue weighted by molar-refractivity contribution is -0.400. The predicted molar refractivity (Wildman–Crippen MR) is 105 cm³/mol. The Morgan fingerprint density at radius 1 is 0.571 bits per heavy atom. The van der Waals surface area contributed by atoms with E-state index < -0.39 is 112 Å². The first-order valence-electron chi connectivity index (χ1n) is 10.6. The molecule has 17 heteroatoms. The van der Waals surface area contributed by atoms with Gasteiger partial charge in [0.15, 0.2) is 12.6 Å². The van der Waals surface area contributed by atoms with Crippen LogP contribution in [0.1, 0.15) is 0 Å². The molecule has 3 rings (SSSR count). The number of hydrogen-bond donors (Lipinski definition) is 11. The van der Waals surface area contributed by atoms with Crippen molar-refractivity contribution in [1.82, 2.24) is 0 Å². The highest BCUT2D eigenvalue weighted by atomic mass is 16.8. The van der Waals surface area contributed by atoms with Crippen LogP contribution >= 0.6 is 0 Å². The third-order valence-electron chi connectivity index (χ3n) is 6.17. The van der Waals surface area contributed by atoms with Gasteiger partial charge >= 0.3 is 0 Å². The van der Waals surface area contributed by atoms with Gasteiger partial charge in [-0.3, -0.25) is 0 Å². The third kappa shape index (κ3) is 5.61. The van der Waals surface area contributed by atoms with Crippen molar-refractivity contribution in [3.63, 3.8) is 0 Å². The summed E-state index contributed by atoms with van der Waals surface area (Å²) in [6, 6.07) is 0. The Bertz CT molecular complexity index is 653. The summed E-state index contributed by atoms with van der Waals surface area (Å²) < 4.78 is 27.0. The van der Waals surface area contributed by atoms with Gasteiger partial charge in [0.2, 0.25) is 5.79 Å². The van der Waals surface area contributed by atoms with E-state index in [0.717, 1.165) is 0 Å². The Labute approximate surface area is 198 Å². The first-order chi connectivity index (χ1) is 16.0. The summed E-state index contributed by atoms with van der Waals surface area (Å²) in [5, 5.41) is 109. The van der Waals surface area contributed by atoms with E-state index in [2.05, 4.69) is 0 Å². The van der Waals surface area contributed by atoms with Gasteiger partial charge in [-0.2, -0.15) is 0 Å². The highest BCUT2D eigenvalue weighted by Crippen LogP contribution is 2.39. The number of ether oxygens (including phenoxy) is 5. The minimum atomic E-state index is -2.43. The highest BCUT2D eigenvalue weighted by Gasteiger charge is 2.61. The van der Waals surface area contributed by atoms with E-state index in [1.165, 1.54) is 0 Å². The maximum atomic E-state index is 10.6. The minimum Gasteiger partial charge on any atom is -0.412 e. The van der Waals surface area contributed by atoms with Crippen LogP contribution in [0.4, 0.5) is 0 Å². The molecule has 3 aliphatic rings. The summed E-state index contributed by atoms with van der Waals surface area (Å²) in [4.78, 5) is 0. The molecule has 3 aliphatic heterocycles. The van der Waals surface area contributed by atoms with Crippen LogP contribution in [-0.2, 0) is 23.7 Å². The number of aliphatic hydroxyl groups excluding tert-OH is 11. The van der Waals surface area contributed by atoms with Crippen molar-refractivity contribution in [2.75, 3.05) is 26.4 Å². The maximum absolute atomic E-state index is 10.6. The average molecular weight is 522 g/mol. The Morgan fingerprint density at radius 3 is 1.49 bits per heavy atom. The molecule has 0 radical (unpaired) electrons. The molecule has 0 aliphatic carbocycles. The van der Waals surface area contributed by atoms with Crippen LogP contribution in [0.3, 0.4) is 0 Å². The minimum absolute atomic E-state index is 0. The van der Waals surface area contributed by atoms with Gasteiger partial charge in [-0.05, 0) is 0 Å². The van der Waals surface area contributed by atoms with Gasteiger partial charge in [0.1, 0.15) is 73.8 Å². The zero-order chi connectivity index (χ0) is 25.4. The molecular formula is C18H34O17. The van der Waals surface area contributed by atoms with Crippen molar-refractivity contribution < 1.29 is 85.3 Å². The Balaban J connectivity index is 0.00000432. The van der Waals surface area contributed by atoms with Crippen molar-refractivity contribution in [3.05, 3.63) is 0 Å². The molecule has 0 bridgehead atoms. The lowest BCUT2D eigenvalue weighted by atomic mass is 9.98. The topological polar surface area (TPSA) is 300 Å². The molecule has 3 fully saturated rings. The number of aliphatic hydroxyl groups is 11. The second kappa shape index (κ2) is 12.2. The molecular weight excluding hydrogens is 488 g/mol. The Morgan fingerprint density at radius 2 is 1.03 bits per heavy atom. The van der Waals surface area contributed by atoms with Crippen molar-refractivity contribution in [1.29, 1.82) is 0 Å². The van der Waals surface area contributed by atoms with E-state index in [-0.39, 0.29) is 5.48 Å². The predicted octanol–water partition coefficient (Wildman–Crippen LogP) is -8.40. The van der Waals surface area contributed by atoms with Crippen LogP contribution in [0.15, 0.2) is 0 Å². The molecule has 13 N–H and O–H groups in total. The third-order valence-corrected chi connectivity index (χ3v) is 6.17. The van der Waals surface area contributed by atoms with Crippen LogP contribution < -0.4 is 0 Å². The van der Waals surface area contributed by atoms with E-state index >= 15 is 0 Å². The number of rotatable bonds is 8. The fraction of sp³-hybridized carbons (Fsp3) is 1.00. The van der Waals surface area contributed by atoms with Crippen LogP contribution in [0.25, 0.3) is 0 Å². The molecule has 0 aromatic rings. The van der Waals surface area contributed by atoms with E-state index in [1.807, 2.05) is 0 Å². The molecule has 208 valence electrons. The zero-order valence-corrected chi connectivity index (χ0v) is 18.3. The van der Waals surface area contributed by atoms with Crippen molar-refractivity contribution >= 4 is 0 Å². The average Bonchev–Trinajstić information content (AvgIpc) is 3.10. The van der Waals surface area contributed by atoms with E-state index in [1.54, 1.807) is 0 Å². The standard InChI is InChI=1S/C18H32O16.H2O/c19-1-5-8(23)11(26)13(28)16(30-5)32-15-10(25)7(3-21)33-18(15,4-22)34-17-14(29)12(27)9(24)6(2-20)31-17;/h5-17,19-29H,1-4H2;1H2/t5-,6-,7+,8+,9+,10+,11+,12+,13-,14-,15-,16+,17+,18+;/m0./s1. The Kier molecular flexibility index (Phi) is 10.7.